The summed E-state index contributed by atoms with van der Waals surface area (Å²) in [4.78, 5) is 41.8. The van der Waals surface area contributed by atoms with Gasteiger partial charge < -0.3 is 9.88 Å². The molecule has 9 heteroatoms. The quantitative estimate of drug-likeness (QED) is 0.450. The molecule has 3 amide bonds. The van der Waals surface area contributed by atoms with Gasteiger partial charge in [-0.25, -0.2) is 0 Å². The van der Waals surface area contributed by atoms with Crippen LogP contribution in [-0.4, -0.2) is 48.6 Å². The molecular formula is C25H22N6O3. The lowest BCUT2D eigenvalue weighted by molar-refractivity contribution is -0.136. The molecule has 170 valence electrons. The van der Waals surface area contributed by atoms with Gasteiger partial charge >= 0.3 is 0 Å². The number of nitrogens with zero attached hydrogens (tertiary/aromatic N) is 4. The molecule has 0 saturated carbocycles. The van der Waals surface area contributed by atoms with Crippen LogP contribution in [0.1, 0.15) is 34.3 Å². The minimum absolute atomic E-state index is 0.196. The van der Waals surface area contributed by atoms with Crippen LogP contribution in [-0.2, 0) is 29.1 Å². The van der Waals surface area contributed by atoms with Gasteiger partial charge in [0.15, 0.2) is 0 Å². The second-order valence-corrected chi connectivity index (χ2v) is 8.71. The summed E-state index contributed by atoms with van der Waals surface area (Å²) in [5, 5.41) is 12.2. The maximum atomic E-state index is 13.1. The van der Waals surface area contributed by atoms with Crippen LogP contribution in [0.5, 0.6) is 0 Å². The molecule has 4 aromatic rings. The molecule has 9 nitrogen and oxygen atoms in total. The number of carbonyl (C=O) groups is 3. The lowest BCUT2D eigenvalue weighted by Gasteiger charge is -2.29. The zero-order valence-electron chi connectivity index (χ0n) is 18.3. The van der Waals surface area contributed by atoms with E-state index in [2.05, 4.69) is 32.7 Å². The van der Waals surface area contributed by atoms with Gasteiger partial charge in [-0.3, -0.25) is 24.4 Å². The summed E-state index contributed by atoms with van der Waals surface area (Å²) in [6.45, 7) is 0.976. The molecule has 2 N–H and O–H groups in total. The lowest BCUT2D eigenvalue weighted by Crippen LogP contribution is -2.52. The average molecular weight is 454 g/mol. The van der Waals surface area contributed by atoms with Crippen molar-refractivity contribution in [3.63, 3.8) is 0 Å². The molecular weight excluding hydrogens is 432 g/mol. The zero-order chi connectivity index (χ0) is 23.2. The van der Waals surface area contributed by atoms with Crippen molar-refractivity contribution in [3.05, 3.63) is 71.5 Å². The number of para-hydroxylation sites is 1. The van der Waals surface area contributed by atoms with Crippen LogP contribution in [0, 0.1) is 0 Å². The molecule has 2 aliphatic heterocycles. The highest BCUT2D eigenvalue weighted by Crippen LogP contribution is 2.34. The highest BCUT2D eigenvalue weighted by atomic mass is 16.2. The molecule has 2 aliphatic rings. The van der Waals surface area contributed by atoms with Gasteiger partial charge in [-0.1, -0.05) is 35.5 Å². The maximum Gasteiger partial charge on any atom is 0.255 e. The molecule has 2 aromatic carbocycles. The van der Waals surface area contributed by atoms with E-state index >= 15 is 0 Å². The van der Waals surface area contributed by atoms with Crippen molar-refractivity contribution in [2.75, 3.05) is 0 Å². The van der Waals surface area contributed by atoms with Crippen molar-refractivity contribution in [2.45, 2.75) is 38.4 Å². The Hall–Kier alpha value is -4.27. The number of hydrogen-bond acceptors (Lipinski definition) is 5. The summed E-state index contributed by atoms with van der Waals surface area (Å²) in [6.07, 6.45) is 5.30. The topological polar surface area (TPSA) is 113 Å². The van der Waals surface area contributed by atoms with Crippen molar-refractivity contribution in [1.29, 1.82) is 0 Å². The maximum absolute atomic E-state index is 13.1. The van der Waals surface area contributed by atoms with Gasteiger partial charge in [0, 0.05) is 47.7 Å². The molecule has 0 radical (unpaired) electrons. The summed E-state index contributed by atoms with van der Waals surface area (Å²) in [6, 6.07) is 13.1. The molecule has 0 aliphatic carbocycles. The van der Waals surface area contributed by atoms with Gasteiger partial charge in [0.25, 0.3) is 5.91 Å². The zero-order valence-corrected chi connectivity index (χ0v) is 18.3. The molecule has 0 bridgehead atoms. The Balaban J connectivity index is 1.22. The number of imide groups is 1. The van der Waals surface area contributed by atoms with E-state index < -0.39 is 11.9 Å². The molecule has 6 rings (SSSR count). The number of carbonyl (C=O) groups excluding carboxylic acids is 3. The number of piperidine rings is 1. The van der Waals surface area contributed by atoms with Gasteiger partial charge in [-0.15, -0.1) is 5.10 Å². The number of benzene rings is 2. The van der Waals surface area contributed by atoms with Gasteiger partial charge in [-0.05, 0) is 36.1 Å². The first-order valence-corrected chi connectivity index (χ1v) is 11.3. The van der Waals surface area contributed by atoms with Crippen molar-refractivity contribution in [2.24, 2.45) is 0 Å². The molecule has 1 atom stereocenters. The summed E-state index contributed by atoms with van der Waals surface area (Å²) >= 11 is 0. The Labute approximate surface area is 194 Å². The third-order valence-electron chi connectivity index (χ3n) is 6.68. The van der Waals surface area contributed by atoms with Crippen LogP contribution in [0.25, 0.3) is 22.2 Å². The minimum atomic E-state index is -0.641. The number of fused-ring (bicyclic) bond motifs is 2. The van der Waals surface area contributed by atoms with Crippen molar-refractivity contribution < 1.29 is 14.4 Å². The van der Waals surface area contributed by atoms with Gasteiger partial charge in [-0.2, -0.15) is 0 Å². The largest absolute Gasteiger partial charge is 0.361 e. The number of hydrogen-bond donors (Lipinski definition) is 2. The van der Waals surface area contributed by atoms with E-state index in [-0.39, 0.29) is 18.2 Å². The van der Waals surface area contributed by atoms with Gasteiger partial charge in [0.1, 0.15) is 11.7 Å². The summed E-state index contributed by atoms with van der Waals surface area (Å²) in [7, 11) is 0. The van der Waals surface area contributed by atoms with Crippen LogP contribution in [0.15, 0.2) is 54.9 Å². The smallest absolute Gasteiger partial charge is 0.255 e. The van der Waals surface area contributed by atoms with Gasteiger partial charge in [0.2, 0.25) is 11.8 Å². The van der Waals surface area contributed by atoms with E-state index in [1.54, 1.807) is 11.0 Å². The first-order chi connectivity index (χ1) is 16.6. The predicted octanol–water partition coefficient (Wildman–Crippen LogP) is 2.43. The number of aromatic amines is 1. The highest BCUT2D eigenvalue weighted by molar-refractivity contribution is 6.06. The first-order valence-electron chi connectivity index (χ1n) is 11.3. The Morgan fingerprint density at radius 2 is 1.88 bits per heavy atom. The number of aryl methyl sites for hydroxylation is 2. The molecule has 34 heavy (non-hydrogen) atoms. The summed E-state index contributed by atoms with van der Waals surface area (Å²) < 4.78 is 1.81. The fourth-order valence-corrected chi connectivity index (χ4v) is 4.93. The Morgan fingerprint density at radius 1 is 1.03 bits per heavy atom. The van der Waals surface area contributed by atoms with Crippen LogP contribution in [0.3, 0.4) is 0 Å². The molecule has 1 unspecified atom stereocenters. The molecule has 1 saturated heterocycles. The summed E-state index contributed by atoms with van der Waals surface area (Å²) in [5.41, 5.74) is 5.25. The number of amides is 3. The second kappa shape index (κ2) is 7.95. The van der Waals surface area contributed by atoms with E-state index in [1.165, 1.54) is 10.9 Å². The fraction of sp³-hybridized carbons (Fsp3) is 0.240. The molecule has 0 spiro atoms. The first kappa shape index (κ1) is 20.3. The van der Waals surface area contributed by atoms with Crippen molar-refractivity contribution in [1.82, 2.24) is 30.2 Å². The van der Waals surface area contributed by atoms with E-state index in [9.17, 15) is 14.4 Å². The normalized spacial score (nSPS) is 17.9. The number of rotatable bonds is 5. The second-order valence-electron chi connectivity index (χ2n) is 8.71. The minimum Gasteiger partial charge on any atom is -0.361 e. The van der Waals surface area contributed by atoms with Crippen LogP contribution < -0.4 is 5.32 Å². The fourth-order valence-electron chi connectivity index (χ4n) is 4.93. The molecule has 2 aromatic heterocycles. The predicted molar refractivity (Wildman–Crippen MR) is 124 cm³/mol. The Morgan fingerprint density at radius 3 is 2.76 bits per heavy atom. The van der Waals surface area contributed by atoms with E-state index in [4.69, 9.17) is 0 Å². The van der Waals surface area contributed by atoms with Gasteiger partial charge in [0.05, 0.1) is 6.20 Å². The SMILES string of the molecule is O=C1CCC(N2Cc3c(cccc3-c3cn(CCc4c[nH]c5ccccc45)nn3)C2=O)C(=O)N1. The highest BCUT2D eigenvalue weighted by Gasteiger charge is 2.40. The summed E-state index contributed by atoms with van der Waals surface area (Å²) in [5.74, 6) is -0.907. The standard InChI is InChI=1S/C25H22N6O3/c32-23-9-8-22(24(33)27-23)31-13-19-17(5-3-6-18(19)25(31)34)21-14-30(29-28-21)11-10-15-12-26-20-7-2-1-4-16(15)20/h1-7,12,14,22,26H,8-11,13H2,(H,27,32,33). The molecule has 1 fully saturated rings. The third kappa shape index (κ3) is 3.37. The average Bonchev–Trinajstić information content (AvgIpc) is 3.55. The van der Waals surface area contributed by atoms with Crippen LogP contribution in [0.2, 0.25) is 0 Å². The lowest BCUT2D eigenvalue weighted by atomic mass is 10.0. The van der Waals surface area contributed by atoms with Crippen LogP contribution >= 0.6 is 0 Å². The Kier molecular flexibility index (Phi) is 4.75. The number of H-pyrrole nitrogens is 1. The Bertz CT molecular complexity index is 1450. The van der Waals surface area contributed by atoms with E-state index in [1.807, 2.05) is 41.3 Å². The number of aromatic nitrogens is 4. The van der Waals surface area contributed by atoms with Crippen molar-refractivity contribution in [3.8, 4) is 11.3 Å². The van der Waals surface area contributed by atoms with E-state index in [0.717, 1.165) is 23.1 Å². The molecule has 4 heterocycles. The van der Waals surface area contributed by atoms with Crippen LogP contribution in [0.4, 0.5) is 0 Å². The number of nitrogens with one attached hydrogen (secondary N) is 2. The monoisotopic (exact) mass is 454 g/mol. The third-order valence-corrected chi connectivity index (χ3v) is 6.68. The van der Waals surface area contributed by atoms with Crippen molar-refractivity contribution >= 4 is 28.6 Å². The van der Waals surface area contributed by atoms with E-state index in [0.29, 0.717) is 30.8 Å².